The lowest BCUT2D eigenvalue weighted by Gasteiger charge is -2.56. The molecule has 2 aliphatic heterocycles. The van der Waals surface area contributed by atoms with E-state index in [1.54, 1.807) is 0 Å². The first kappa shape index (κ1) is 32.7. The quantitative estimate of drug-likeness (QED) is 0.123. The SMILES string of the molecule is CC(=O)OCC1=C(C(=O)OC(c2ccccc2)c2ccccc2)N2C(=O)[C@](NC(=O)Cc3ccccc3)(OCc3ccccc3)[C@H]2SC1. The fourth-order valence-corrected chi connectivity index (χ4v) is 7.10. The number of β-lactam (4-membered cyclic amide) rings is 1. The summed E-state index contributed by atoms with van der Waals surface area (Å²) in [6.07, 6.45) is -0.753. The number of benzene rings is 4. The summed E-state index contributed by atoms with van der Waals surface area (Å²) in [5, 5.41) is 2.08. The van der Waals surface area contributed by atoms with Crippen molar-refractivity contribution in [2.24, 2.45) is 0 Å². The van der Waals surface area contributed by atoms with Crippen molar-refractivity contribution in [3.63, 3.8) is 0 Å². The van der Waals surface area contributed by atoms with Crippen LogP contribution in [0.4, 0.5) is 0 Å². The number of carbonyl (C=O) groups is 4. The van der Waals surface area contributed by atoms with Crippen molar-refractivity contribution in [3.8, 4) is 0 Å². The molecule has 0 bridgehead atoms. The Bertz CT molecular complexity index is 1760. The van der Waals surface area contributed by atoms with Crippen molar-refractivity contribution in [1.29, 1.82) is 0 Å². The van der Waals surface area contributed by atoms with E-state index in [0.717, 1.165) is 22.3 Å². The largest absolute Gasteiger partial charge is 0.461 e. The Balaban J connectivity index is 1.33. The fraction of sp³-hybridized carbons (Fsp3) is 0.211. The molecule has 0 unspecified atom stereocenters. The van der Waals surface area contributed by atoms with Crippen molar-refractivity contribution in [2.75, 3.05) is 12.4 Å². The fourth-order valence-electron chi connectivity index (χ4n) is 5.71. The van der Waals surface area contributed by atoms with E-state index in [4.69, 9.17) is 14.2 Å². The van der Waals surface area contributed by atoms with E-state index >= 15 is 0 Å². The van der Waals surface area contributed by atoms with Gasteiger partial charge in [0.15, 0.2) is 6.10 Å². The van der Waals surface area contributed by atoms with Gasteiger partial charge in [0.2, 0.25) is 5.91 Å². The molecule has 2 amide bonds. The molecule has 1 fully saturated rings. The molecule has 0 spiro atoms. The molecule has 0 radical (unpaired) electrons. The zero-order valence-corrected chi connectivity index (χ0v) is 27.1. The first-order valence-corrected chi connectivity index (χ1v) is 16.5. The monoisotopic (exact) mass is 662 g/mol. The number of rotatable bonds is 12. The molecule has 6 rings (SSSR count). The number of nitrogens with one attached hydrogen (secondary N) is 1. The summed E-state index contributed by atoms with van der Waals surface area (Å²) in [5.41, 5.74) is 1.68. The number of thioether (sulfide) groups is 1. The Kier molecular flexibility index (Phi) is 10.0. The molecule has 2 atom stereocenters. The number of hydrogen-bond donors (Lipinski definition) is 1. The van der Waals surface area contributed by atoms with Crippen molar-refractivity contribution >= 4 is 35.5 Å². The van der Waals surface area contributed by atoms with Crippen molar-refractivity contribution in [1.82, 2.24) is 10.2 Å². The van der Waals surface area contributed by atoms with Crippen LogP contribution in [0.1, 0.15) is 35.3 Å². The molecule has 0 aliphatic carbocycles. The van der Waals surface area contributed by atoms with Crippen LogP contribution in [0.5, 0.6) is 0 Å². The highest BCUT2D eigenvalue weighted by Crippen LogP contribution is 2.48. The van der Waals surface area contributed by atoms with Crippen LogP contribution in [0, 0.1) is 0 Å². The highest BCUT2D eigenvalue weighted by Gasteiger charge is 2.67. The van der Waals surface area contributed by atoms with Gasteiger partial charge in [-0.15, -0.1) is 11.8 Å². The van der Waals surface area contributed by atoms with E-state index < -0.39 is 41.0 Å². The Morgan fingerprint density at radius 3 is 1.92 bits per heavy atom. The summed E-state index contributed by atoms with van der Waals surface area (Å²) in [4.78, 5) is 55.2. The van der Waals surface area contributed by atoms with Crippen LogP contribution in [-0.4, -0.2) is 52.1 Å². The predicted molar refractivity (Wildman–Crippen MR) is 180 cm³/mol. The van der Waals surface area contributed by atoms with Crippen molar-refractivity contribution in [3.05, 3.63) is 155 Å². The van der Waals surface area contributed by atoms with Crippen LogP contribution < -0.4 is 5.32 Å². The molecule has 1 saturated heterocycles. The smallest absolute Gasteiger partial charge is 0.356 e. The maximum absolute atomic E-state index is 14.4. The average Bonchev–Trinajstić information content (AvgIpc) is 3.12. The van der Waals surface area contributed by atoms with E-state index in [9.17, 15) is 19.2 Å². The summed E-state index contributed by atoms with van der Waals surface area (Å²) in [7, 11) is 0. The van der Waals surface area contributed by atoms with Gasteiger partial charge in [-0.1, -0.05) is 121 Å². The summed E-state index contributed by atoms with van der Waals surface area (Å²) in [6, 6.07) is 37.1. The molecule has 244 valence electrons. The number of nitrogens with zero attached hydrogens (tertiary/aromatic N) is 1. The lowest BCUT2D eigenvalue weighted by atomic mass is 9.97. The predicted octanol–water partition coefficient (Wildman–Crippen LogP) is 5.32. The van der Waals surface area contributed by atoms with Crippen LogP contribution in [0.15, 0.2) is 133 Å². The number of ether oxygens (including phenoxy) is 3. The van der Waals surface area contributed by atoms with Crippen molar-refractivity contribution in [2.45, 2.75) is 37.2 Å². The van der Waals surface area contributed by atoms with E-state index in [1.807, 2.05) is 121 Å². The van der Waals surface area contributed by atoms with Gasteiger partial charge >= 0.3 is 11.9 Å². The van der Waals surface area contributed by atoms with Crippen LogP contribution in [0.3, 0.4) is 0 Å². The van der Waals surface area contributed by atoms with Gasteiger partial charge in [0, 0.05) is 18.2 Å². The van der Waals surface area contributed by atoms with Gasteiger partial charge in [-0.2, -0.15) is 0 Å². The summed E-state index contributed by atoms with van der Waals surface area (Å²) < 4.78 is 17.8. The maximum atomic E-state index is 14.4. The molecular weight excluding hydrogens is 628 g/mol. The first-order valence-electron chi connectivity index (χ1n) is 15.5. The lowest BCUT2D eigenvalue weighted by molar-refractivity contribution is -0.202. The molecule has 0 aromatic heterocycles. The maximum Gasteiger partial charge on any atom is 0.356 e. The summed E-state index contributed by atoms with van der Waals surface area (Å²) in [6.45, 7) is 1.11. The van der Waals surface area contributed by atoms with Crippen LogP contribution >= 0.6 is 11.8 Å². The third-order valence-electron chi connectivity index (χ3n) is 8.02. The zero-order chi connectivity index (χ0) is 33.5. The molecule has 2 aliphatic rings. The summed E-state index contributed by atoms with van der Waals surface area (Å²) in [5.74, 6) is -2.10. The number of hydrogen-bond acceptors (Lipinski definition) is 8. The highest BCUT2D eigenvalue weighted by atomic mass is 32.2. The number of carbonyl (C=O) groups excluding carboxylic acids is 4. The first-order chi connectivity index (χ1) is 23.4. The highest BCUT2D eigenvalue weighted by molar-refractivity contribution is 8.00. The normalized spacial score (nSPS) is 18.5. The average molecular weight is 663 g/mol. The minimum atomic E-state index is -1.76. The van der Waals surface area contributed by atoms with Crippen LogP contribution in [0.2, 0.25) is 0 Å². The molecule has 48 heavy (non-hydrogen) atoms. The third-order valence-corrected chi connectivity index (χ3v) is 9.40. The second-order valence-electron chi connectivity index (χ2n) is 11.4. The Morgan fingerprint density at radius 1 is 0.812 bits per heavy atom. The Labute approximate surface area is 282 Å². The standard InChI is InChI=1S/C38H34N2O7S/c1-26(41)45-24-31-25-48-37-38(46-23-28-16-8-3-9-17-28,39-32(42)22-27-14-6-2-7-15-27)36(44)40(37)33(31)35(43)47-34(29-18-10-4-11-19-29)30-20-12-5-13-21-30/h2-21,34,37H,22-25H2,1H3,(H,39,42)/t37-,38+/m1/s1. The van der Waals surface area contributed by atoms with Gasteiger partial charge in [-0.05, 0) is 22.3 Å². The van der Waals surface area contributed by atoms with E-state index in [-0.39, 0.29) is 31.1 Å². The molecule has 2 heterocycles. The molecular formula is C38H34N2O7S. The second-order valence-corrected chi connectivity index (χ2v) is 12.5. The number of esters is 2. The van der Waals surface area contributed by atoms with E-state index in [1.165, 1.54) is 23.6 Å². The van der Waals surface area contributed by atoms with Gasteiger partial charge in [0.05, 0.1) is 13.0 Å². The molecule has 1 N–H and O–H groups in total. The third kappa shape index (κ3) is 7.05. The van der Waals surface area contributed by atoms with Gasteiger partial charge in [0.1, 0.15) is 17.7 Å². The molecule has 4 aromatic carbocycles. The molecule has 10 heteroatoms. The van der Waals surface area contributed by atoms with Gasteiger partial charge in [-0.3, -0.25) is 19.3 Å². The number of fused-ring (bicyclic) bond motifs is 1. The Morgan fingerprint density at radius 2 is 1.35 bits per heavy atom. The molecule has 9 nitrogen and oxygen atoms in total. The zero-order valence-electron chi connectivity index (χ0n) is 26.2. The van der Waals surface area contributed by atoms with E-state index in [2.05, 4.69) is 5.32 Å². The summed E-state index contributed by atoms with van der Waals surface area (Å²) >= 11 is 1.31. The van der Waals surface area contributed by atoms with Crippen molar-refractivity contribution < 1.29 is 33.4 Å². The lowest BCUT2D eigenvalue weighted by Crippen LogP contribution is -2.81. The van der Waals surface area contributed by atoms with Crippen LogP contribution in [0.25, 0.3) is 0 Å². The second kappa shape index (κ2) is 14.7. The van der Waals surface area contributed by atoms with E-state index in [0.29, 0.717) is 5.57 Å². The van der Waals surface area contributed by atoms with Gasteiger partial charge < -0.3 is 19.5 Å². The topological polar surface area (TPSA) is 111 Å². The minimum Gasteiger partial charge on any atom is -0.461 e. The van der Waals surface area contributed by atoms with Gasteiger partial charge in [0.25, 0.3) is 11.6 Å². The van der Waals surface area contributed by atoms with Gasteiger partial charge in [-0.25, -0.2) is 4.79 Å². The Hall–Kier alpha value is -5.19. The molecule has 4 aromatic rings. The van der Waals surface area contributed by atoms with Crippen LogP contribution in [-0.2, 0) is 46.4 Å². The molecule has 0 saturated carbocycles. The number of amides is 2. The minimum absolute atomic E-state index is 0.0280.